The molecule has 0 radical (unpaired) electrons. The Labute approximate surface area is 132 Å². The summed E-state index contributed by atoms with van der Waals surface area (Å²) in [5.74, 6) is -0.0108. The number of nitrogens with zero attached hydrogens (tertiary/aromatic N) is 1. The number of carbonyl (C=O) groups is 1. The van der Waals surface area contributed by atoms with E-state index < -0.39 is 0 Å². The maximum atomic E-state index is 10.8. The van der Waals surface area contributed by atoms with Crippen LogP contribution in [0.1, 0.15) is 19.8 Å². The van der Waals surface area contributed by atoms with Gasteiger partial charge in [0.2, 0.25) is 0 Å². The second-order valence-electron chi connectivity index (χ2n) is 5.16. The van der Waals surface area contributed by atoms with Gasteiger partial charge in [-0.2, -0.15) is 0 Å². The fraction of sp³-hybridized carbons (Fsp3) is 0.263. The lowest BCUT2D eigenvalue weighted by Crippen LogP contribution is -2.04. The van der Waals surface area contributed by atoms with Crippen molar-refractivity contribution >= 4 is 12.7 Å². The van der Waals surface area contributed by atoms with Gasteiger partial charge < -0.3 is 9.53 Å². The van der Waals surface area contributed by atoms with Gasteiger partial charge in [0.05, 0.1) is 12.8 Å². The lowest BCUT2D eigenvalue weighted by molar-refractivity contribution is -0.109. The van der Waals surface area contributed by atoms with E-state index >= 15 is 0 Å². The predicted octanol–water partition coefficient (Wildman–Crippen LogP) is 4.33. The standard InChI is InChI=1S/C19H23NO2/c1-14(17(4)20-13-22-5)6-7-15(2)18-8-10-19(11-9-18)16(3)12-21/h6-8,10,12-13,16H,1-2,4,9,11H2,3,5H3/b7-6-,20-13?. The third-order valence-electron chi connectivity index (χ3n) is 3.55. The number of methoxy groups -OCH3 is 1. The van der Waals surface area contributed by atoms with Gasteiger partial charge in [0.15, 0.2) is 6.40 Å². The van der Waals surface area contributed by atoms with Crippen molar-refractivity contribution in [1.82, 2.24) is 0 Å². The van der Waals surface area contributed by atoms with Crippen molar-refractivity contribution in [2.24, 2.45) is 10.9 Å². The second-order valence-corrected chi connectivity index (χ2v) is 5.16. The molecule has 0 aromatic heterocycles. The Morgan fingerprint density at radius 2 is 2.00 bits per heavy atom. The van der Waals surface area contributed by atoms with Crippen LogP contribution in [0.3, 0.4) is 0 Å². The van der Waals surface area contributed by atoms with Crippen LogP contribution in [0.25, 0.3) is 0 Å². The Balaban J connectivity index is 2.68. The molecule has 1 aliphatic rings. The average Bonchev–Trinajstić information content (AvgIpc) is 2.56. The molecular formula is C19H23NO2. The van der Waals surface area contributed by atoms with E-state index in [1.807, 2.05) is 31.2 Å². The van der Waals surface area contributed by atoms with Crippen molar-refractivity contribution in [3.05, 3.63) is 72.0 Å². The Kier molecular flexibility index (Phi) is 7.03. The minimum absolute atomic E-state index is 0.0108. The van der Waals surface area contributed by atoms with Gasteiger partial charge in [-0.25, -0.2) is 4.99 Å². The first-order valence-electron chi connectivity index (χ1n) is 7.15. The van der Waals surface area contributed by atoms with Crippen LogP contribution in [0, 0.1) is 5.92 Å². The molecule has 0 saturated heterocycles. The summed E-state index contributed by atoms with van der Waals surface area (Å²) in [5, 5.41) is 0. The van der Waals surface area contributed by atoms with Crippen molar-refractivity contribution in [3.63, 3.8) is 0 Å². The summed E-state index contributed by atoms with van der Waals surface area (Å²) in [6.45, 7) is 13.7. The molecule has 0 saturated carbocycles. The van der Waals surface area contributed by atoms with Gasteiger partial charge >= 0.3 is 0 Å². The molecule has 0 spiro atoms. The van der Waals surface area contributed by atoms with Crippen molar-refractivity contribution < 1.29 is 9.53 Å². The summed E-state index contributed by atoms with van der Waals surface area (Å²) < 4.78 is 4.75. The van der Waals surface area contributed by atoms with Gasteiger partial charge in [-0.1, -0.05) is 56.5 Å². The first-order chi connectivity index (χ1) is 10.5. The monoisotopic (exact) mass is 297 g/mol. The van der Waals surface area contributed by atoms with E-state index in [4.69, 9.17) is 4.74 Å². The molecule has 0 amide bonds. The Hall–Kier alpha value is -2.42. The van der Waals surface area contributed by atoms with Crippen molar-refractivity contribution in [1.29, 1.82) is 0 Å². The quantitative estimate of drug-likeness (QED) is 0.289. The molecule has 0 aliphatic heterocycles. The van der Waals surface area contributed by atoms with Crippen molar-refractivity contribution in [3.8, 4) is 0 Å². The van der Waals surface area contributed by atoms with Gasteiger partial charge in [-0.05, 0) is 29.6 Å². The molecule has 0 bridgehead atoms. The first kappa shape index (κ1) is 17.6. The first-order valence-corrected chi connectivity index (χ1v) is 7.15. The van der Waals surface area contributed by atoms with Crippen LogP contribution in [-0.2, 0) is 9.53 Å². The number of allylic oxidation sites excluding steroid dienone is 7. The van der Waals surface area contributed by atoms with E-state index in [1.165, 1.54) is 19.1 Å². The minimum atomic E-state index is -0.0108. The smallest absolute Gasteiger partial charge is 0.174 e. The summed E-state index contributed by atoms with van der Waals surface area (Å²) >= 11 is 0. The molecule has 0 aromatic carbocycles. The van der Waals surface area contributed by atoms with Crippen LogP contribution < -0.4 is 0 Å². The topological polar surface area (TPSA) is 38.7 Å². The summed E-state index contributed by atoms with van der Waals surface area (Å²) in [6, 6.07) is 0. The Morgan fingerprint density at radius 3 is 2.55 bits per heavy atom. The molecule has 1 rings (SSSR count). The number of aliphatic imine (C=N–C) groups is 1. The van der Waals surface area contributed by atoms with Gasteiger partial charge in [0.1, 0.15) is 6.29 Å². The van der Waals surface area contributed by atoms with E-state index in [9.17, 15) is 4.79 Å². The SMILES string of the molecule is C=C(/C=C\C(=C)C1=CC=C(C(C)C=O)CC1)C(=C)N=COC. The van der Waals surface area contributed by atoms with Crippen molar-refractivity contribution in [2.45, 2.75) is 19.8 Å². The number of aldehydes is 1. The molecule has 3 heteroatoms. The van der Waals surface area contributed by atoms with E-state index in [2.05, 4.69) is 24.7 Å². The number of carbonyl (C=O) groups excluding carboxylic acids is 1. The van der Waals surface area contributed by atoms with Gasteiger partial charge in [0, 0.05) is 5.92 Å². The van der Waals surface area contributed by atoms with Crippen LogP contribution in [0.4, 0.5) is 0 Å². The molecule has 22 heavy (non-hydrogen) atoms. The van der Waals surface area contributed by atoms with Gasteiger partial charge in [-0.15, -0.1) is 0 Å². The normalized spacial score (nSPS) is 16.1. The zero-order valence-corrected chi connectivity index (χ0v) is 13.3. The van der Waals surface area contributed by atoms with E-state index in [1.54, 1.807) is 0 Å². The highest BCUT2D eigenvalue weighted by Gasteiger charge is 2.12. The fourth-order valence-corrected chi connectivity index (χ4v) is 1.99. The summed E-state index contributed by atoms with van der Waals surface area (Å²) in [7, 11) is 1.53. The number of ether oxygens (including phenoxy) is 1. The number of rotatable bonds is 8. The molecule has 0 heterocycles. The second kappa shape index (κ2) is 8.78. The largest absolute Gasteiger partial charge is 0.486 e. The van der Waals surface area contributed by atoms with E-state index in [0.717, 1.165) is 30.3 Å². The minimum Gasteiger partial charge on any atom is -0.486 e. The van der Waals surface area contributed by atoms with Crippen molar-refractivity contribution in [2.75, 3.05) is 7.11 Å². The molecule has 0 N–H and O–H groups in total. The third-order valence-corrected chi connectivity index (χ3v) is 3.55. The van der Waals surface area contributed by atoms with Crippen LogP contribution in [0.5, 0.6) is 0 Å². The van der Waals surface area contributed by atoms with Crippen LogP contribution in [0.15, 0.2) is 77.0 Å². The predicted molar refractivity (Wildman–Crippen MR) is 92.7 cm³/mol. The number of hydrogen-bond acceptors (Lipinski definition) is 3. The third kappa shape index (κ3) is 5.17. The highest BCUT2D eigenvalue weighted by Crippen LogP contribution is 2.27. The van der Waals surface area contributed by atoms with E-state index in [-0.39, 0.29) is 5.92 Å². The molecule has 0 aromatic rings. The average molecular weight is 297 g/mol. The number of hydrogen-bond donors (Lipinski definition) is 0. The molecule has 1 atom stereocenters. The van der Waals surface area contributed by atoms with Crippen LogP contribution in [-0.4, -0.2) is 19.8 Å². The van der Waals surface area contributed by atoms with Crippen LogP contribution >= 0.6 is 0 Å². The molecule has 1 unspecified atom stereocenters. The zero-order valence-electron chi connectivity index (χ0n) is 13.3. The summed E-state index contributed by atoms with van der Waals surface area (Å²) in [5.41, 5.74) is 4.51. The highest BCUT2D eigenvalue weighted by atomic mass is 16.5. The molecule has 3 nitrogen and oxygen atoms in total. The van der Waals surface area contributed by atoms with Gasteiger partial charge in [-0.3, -0.25) is 0 Å². The van der Waals surface area contributed by atoms with E-state index in [0.29, 0.717) is 11.3 Å². The maximum absolute atomic E-state index is 10.8. The lowest BCUT2D eigenvalue weighted by atomic mass is 9.88. The Bertz CT molecular complexity index is 589. The zero-order chi connectivity index (χ0) is 16.5. The Morgan fingerprint density at radius 1 is 1.27 bits per heavy atom. The fourth-order valence-electron chi connectivity index (χ4n) is 1.99. The molecule has 116 valence electrons. The van der Waals surface area contributed by atoms with Crippen LogP contribution in [0.2, 0.25) is 0 Å². The molecule has 1 aliphatic carbocycles. The summed E-state index contributed by atoms with van der Waals surface area (Å²) in [6.07, 6.45) is 11.9. The van der Waals surface area contributed by atoms with Gasteiger partial charge in [0.25, 0.3) is 0 Å². The summed E-state index contributed by atoms with van der Waals surface area (Å²) in [4.78, 5) is 14.8. The molecule has 0 fully saturated rings. The lowest BCUT2D eigenvalue weighted by Gasteiger charge is -2.17. The maximum Gasteiger partial charge on any atom is 0.174 e. The molecular weight excluding hydrogens is 274 g/mol. The highest BCUT2D eigenvalue weighted by molar-refractivity contribution is 5.59.